The lowest BCUT2D eigenvalue weighted by Gasteiger charge is -2.18. The highest BCUT2D eigenvalue weighted by Crippen LogP contribution is 2.19. The first-order valence-electron chi connectivity index (χ1n) is 9.88. The molecule has 1 aromatic heterocycles. The number of hydrogen-bond acceptors (Lipinski definition) is 10. The van der Waals surface area contributed by atoms with E-state index in [1.54, 1.807) is 0 Å². The molecule has 0 fully saturated rings. The third kappa shape index (κ3) is 7.31. The summed E-state index contributed by atoms with van der Waals surface area (Å²) in [4.78, 5) is 55.8. The Labute approximate surface area is 183 Å². The number of carbonyl (C=O) groups excluding carboxylic acids is 2. The Morgan fingerprint density at radius 2 is 1.09 bits per heavy atom. The number of carboxylic acid groups (broad SMARTS) is 2. The average molecular weight is 456 g/mol. The number of anilines is 2. The zero-order chi connectivity index (χ0) is 24.3. The maximum atomic E-state index is 12.7. The highest BCUT2D eigenvalue weighted by molar-refractivity contribution is 6.03. The number of nitrogens with one attached hydrogen (secondary N) is 4. The van der Waals surface area contributed by atoms with Crippen LogP contribution in [0.15, 0.2) is 0 Å². The third-order valence-corrected chi connectivity index (χ3v) is 3.98. The molecule has 2 atom stereocenters. The monoisotopic (exact) mass is 456 g/mol. The van der Waals surface area contributed by atoms with E-state index in [4.69, 9.17) is 20.4 Å². The smallest absolute Gasteiger partial charge is 0.328 e. The second-order valence-corrected chi connectivity index (χ2v) is 6.57. The van der Waals surface area contributed by atoms with Crippen LogP contribution < -0.4 is 21.3 Å². The van der Waals surface area contributed by atoms with Gasteiger partial charge in [-0.3, -0.25) is 9.59 Å². The van der Waals surface area contributed by atoms with Crippen molar-refractivity contribution >= 4 is 35.4 Å². The molecule has 14 heteroatoms. The summed E-state index contributed by atoms with van der Waals surface area (Å²) in [5.41, 5.74) is -0.657. The number of hydrogen-bond donors (Lipinski definition) is 8. The van der Waals surface area contributed by atoms with Gasteiger partial charge in [0.1, 0.15) is 0 Å². The standard InChI is InChI=1S/C18H28N6O8/c1-3-5-19-13-11(15(27)21-9(7-25)17(29)30)24-14(20-6-4-2)12(23-13)16(28)22-10(8-26)18(31)32/h9-10,25-26H,3-8H2,1-2H3,(H,19,23)(H,20,24)(H,21,27)(H,22,28)(H,29,30)(H,31,32)/t9-,10-/m1/s1. The molecule has 0 spiro atoms. The van der Waals surface area contributed by atoms with E-state index >= 15 is 0 Å². The van der Waals surface area contributed by atoms with E-state index in [1.807, 2.05) is 13.8 Å². The number of carbonyl (C=O) groups is 4. The highest BCUT2D eigenvalue weighted by Gasteiger charge is 2.28. The first kappa shape index (κ1) is 26.5. The van der Waals surface area contributed by atoms with Gasteiger partial charge in [0, 0.05) is 13.1 Å². The molecule has 0 aliphatic heterocycles. The number of aliphatic carboxylic acids is 2. The van der Waals surface area contributed by atoms with Crippen LogP contribution in [-0.4, -0.2) is 92.5 Å². The Kier molecular flexibility index (Phi) is 10.8. The van der Waals surface area contributed by atoms with Gasteiger partial charge < -0.3 is 41.7 Å². The van der Waals surface area contributed by atoms with Crippen molar-refractivity contribution in [3.63, 3.8) is 0 Å². The molecule has 0 aliphatic carbocycles. The van der Waals surface area contributed by atoms with E-state index in [9.17, 15) is 19.2 Å². The summed E-state index contributed by atoms with van der Waals surface area (Å²) in [5, 5.41) is 46.3. The molecule has 178 valence electrons. The van der Waals surface area contributed by atoms with Crippen LogP contribution in [0, 0.1) is 0 Å². The van der Waals surface area contributed by atoms with Gasteiger partial charge in [-0.15, -0.1) is 0 Å². The molecule has 0 saturated heterocycles. The predicted octanol–water partition coefficient (Wildman–Crippen LogP) is -1.53. The number of aromatic nitrogens is 2. The lowest BCUT2D eigenvalue weighted by molar-refractivity contribution is -0.141. The van der Waals surface area contributed by atoms with Crippen molar-refractivity contribution in [2.45, 2.75) is 38.8 Å². The van der Waals surface area contributed by atoms with E-state index in [0.29, 0.717) is 25.9 Å². The van der Waals surface area contributed by atoms with Gasteiger partial charge in [-0.25, -0.2) is 19.6 Å². The van der Waals surface area contributed by atoms with Crippen LogP contribution in [0.2, 0.25) is 0 Å². The summed E-state index contributed by atoms with van der Waals surface area (Å²) in [7, 11) is 0. The summed E-state index contributed by atoms with van der Waals surface area (Å²) >= 11 is 0. The Balaban J connectivity index is 3.46. The molecule has 2 amide bonds. The van der Waals surface area contributed by atoms with Crippen molar-refractivity contribution in [3.05, 3.63) is 11.4 Å². The van der Waals surface area contributed by atoms with Crippen LogP contribution in [0.5, 0.6) is 0 Å². The van der Waals surface area contributed by atoms with Gasteiger partial charge in [-0.05, 0) is 12.8 Å². The van der Waals surface area contributed by atoms with Crippen molar-refractivity contribution in [1.29, 1.82) is 0 Å². The van der Waals surface area contributed by atoms with E-state index in [2.05, 4.69) is 31.2 Å². The largest absolute Gasteiger partial charge is 0.480 e. The molecule has 1 aromatic rings. The molecule has 0 saturated carbocycles. The number of rotatable bonds is 14. The van der Waals surface area contributed by atoms with Crippen LogP contribution in [0.4, 0.5) is 11.6 Å². The van der Waals surface area contributed by atoms with Crippen LogP contribution >= 0.6 is 0 Å². The van der Waals surface area contributed by atoms with Gasteiger partial charge in [-0.1, -0.05) is 13.8 Å². The van der Waals surface area contributed by atoms with Crippen LogP contribution in [0.25, 0.3) is 0 Å². The minimum Gasteiger partial charge on any atom is -0.480 e. The summed E-state index contributed by atoms with van der Waals surface area (Å²) in [5.74, 6) is -5.11. The third-order valence-electron chi connectivity index (χ3n) is 3.98. The van der Waals surface area contributed by atoms with Gasteiger partial charge in [0.2, 0.25) is 0 Å². The molecule has 0 bridgehead atoms. The van der Waals surface area contributed by atoms with Crippen molar-refractivity contribution in [1.82, 2.24) is 20.6 Å². The van der Waals surface area contributed by atoms with Gasteiger partial charge in [0.25, 0.3) is 11.8 Å². The van der Waals surface area contributed by atoms with Gasteiger partial charge >= 0.3 is 11.9 Å². The van der Waals surface area contributed by atoms with E-state index in [-0.39, 0.29) is 23.0 Å². The Morgan fingerprint density at radius 3 is 1.34 bits per heavy atom. The molecule has 14 nitrogen and oxygen atoms in total. The van der Waals surface area contributed by atoms with Crippen molar-refractivity contribution in [2.75, 3.05) is 36.9 Å². The zero-order valence-corrected chi connectivity index (χ0v) is 17.7. The topological polar surface area (TPSA) is 223 Å². The number of aliphatic hydroxyl groups is 2. The number of nitrogens with zero attached hydrogens (tertiary/aromatic N) is 2. The fraction of sp³-hybridized carbons (Fsp3) is 0.556. The zero-order valence-electron chi connectivity index (χ0n) is 17.7. The van der Waals surface area contributed by atoms with Crippen molar-refractivity contribution in [3.8, 4) is 0 Å². The maximum absolute atomic E-state index is 12.7. The normalized spacial score (nSPS) is 12.4. The molecule has 0 unspecified atom stereocenters. The van der Waals surface area contributed by atoms with E-state index < -0.39 is 49.1 Å². The fourth-order valence-electron chi connectivity index (χ4n) is 2.31. The molecule has 32 heavy (non-hydrogen) atoms. The SMILES string of the molecule is CCCNc1nc(C(=O)N[C@H](CO)C(=O)O)c(NCCC)nc1C(=O)N[C@H](CO)C(=O)O. The number of carboxylic acids is 2. The molecular weight excluding hydrogens is 428 g/mol. The molecule has 8 N–H and O–H groups in total. The lowest BCUT2D eigenvalue weighted by atomic mass is 10.2. The maximum Gasteiger partial charge on any atom is 0.328 e. The van der Waals surface area contributed by atoms with Gasteiger partial charge in [-0.2, -0.15) is 0 Å². The Morgan fingerprint density at radius 1 is 0.750 bits per heavy atom. The molecule has 0 aromatic carbocycles. The molecule has 1 heterocycles. The second-order valence-electron chi connectivity index (χ2n) is 6.57. The second kappa shape index (κ2) is 13.0. The molecule has 1 rings (SSSR count). The molecule has 0 radical (unpaired) electrons. The lowest BCUT2D eigenvalue weighted by Crippen LogP contribution is -2.45. The molecule has 0 aliphatic rings. The van der Waals surface area contributed by atoms with E-state index in [1.165, 1.54) is 0 Å². The summed E-state index contributed by atoms with van der Waals surface area (Å²) in [6.45, 7) is 2.60. The first-order chi connectivity index (χ1) is 15.2. The van der Waals surface area contributed by atoms with Crippen LogP contribution in [0.1, 0.15) is 47.7 Å². The first-order valence-corrected chi connectivity index (χ1v) is 9.88. The summed E-state index contributed by atoms with van der Waals surface area (Å²) in [6.07, 6.45) is 1.22. The van der Waals surface area contributed by atoms with Gasteiger partial charge in [0.05, 0.1) is 13.2 Å². The summed E-state index contributed by atoms with van der Waals surface area (Å²) < 4.78 is 0. The minimum absolute atomic E-state index is 0.144. The van der Waals surface area contributed by atoms with Crippen molar-refractivity contribution < 1.29 is 39.6 Å². The quantitative estimate of drug-likeness (QED) is 0.160. The highest BCUT2D eigenvalue weighted by atomic mass is 16.4. The Hall–Kier alpha value is -3.52. The summed E-state index contributed by atoms with van der Waals surface area (Å²) in [6, 6.07) is -3.17. The minimum atomic E-state index is -1.58. The van der Waals surface area contributed by atoms with Crippen molar-refractivity contribution in [2.24, 2.45) is 0 Å². The van der Waals surface area contributed by atoms with Crippen LogP contribution in [-0.2, 0) is 9.59 Å². The fourth-order valence-corrected chi connectivity index (χ4v) is 2.31. The number of amides is 2. The number of aliphatic hydroxyl groups excluding tert-OH is 2. The van der Waals surface area contributed by atoms with Crippen LogP contribution in [0.3, 0.4) is 0 Å². The average Bonchev–Trinajstić information content (AvgIpc) is 2.76. The van der Waals surface area contributed by atoms with E-state index in [0.717, 1.165) is 0 Å². The molecular formula is C18H28N6O8. The predicted molar refractivity (Wildman–Crippen MR) is 112 cm³/mol. The Bertz CT molecular complexity index is 766. The van der Waals surface area contributed by atoms with Gasteiger partial charge in [0.15, 0.2) is 35.1 Å².